The fourth-order valence-corrected chi connectivity index (χ4v) is 1.66. The van der Waals surface area contributed by atoms with Gasteiger partial charge in [-0.1, -0.05) is 25.1 Å². The van der Waals surface area contributed by atoms with E-state index in [0.717, 1.165) is 12.0 Å². The normalized spacial score (nSPS) is 10.2. The Labute approximate surface area is 106 Å². The molecule has 2 aromatic rings. The Morgan fingerprint density at radius 1 is 1.00 bits per heavy atom. The van der Waals surface area contributed by atoms with E-state index < -0.39 is 0 Å². The molecule has 2 aromatic carbocycles. The van der Waals surface area contributed by atoms with Gasteiger partial charge in [-0.3, -0.25) is 0 Å². The number of para-hydroxylation sites is 1. The summed E-state index contributed by atoms with van der Waals surface area (Å²) in [6.07, 6.45) is 0.913. The standard InChI is InChI=1S/C15H15FO2/c1-3-11-8-9-14(15(10-11)17-2)18-13-7-5-4-6-12(13)16/h4-10H,3H2,1-2H3. The molecule has 0 amide bonds. The number of aryl methyl sites for hydroxylation is 1. The number of methoxy groups -OCH3 is 1. The molecule has 0 atom stereocenters. The Morgan fingerprint density at radius 2 is 1.78 bits per heavy atom. The molecule has 94 valence electrons. The minimum absolute atomic E-state index is 0.194. The summed E-state index contributed by atoms with van der Waals surface area (Å²) in [6, 6.07) is 11.9. The van der Waals surface area contributed by atoms with Crippen molar-refractivity contribution in [3.05, 3.63) is 53.8 Å². The average molecular weight is 246 g/mol. The van der Waals surface area contributed by atoms with E-state index >= 15 is 0 Å². The van der Waals surface area contributed by atoms with Crippen molar-refractivity contribution >= 4 is 0 Å². The van der Waals surface area contributed by atoms with E-state index in [4.69, 9.17) is 9.47 Å². The summed E-state index contributed by atoms with van der Waals surface area (Å²) in [5, 5.41) is 0. The maximum atomic E-state index is 13.5. The van der Waals surface area contributed by atoms with Gasteiger partial charge in [-0.25, -0.2) is 4.39 Å². The minimum Gasteiger partial charge on any atom is -0.493 e. The quantitative estimate of drug-likeness (QED) is 0.805. The van der Waals surface area contributed by atoms with Crippen molar-refractivity contribution in [3.63, 3.8) is 0 Å². The highest BCUT2D eigenvalue weighted by Gasteiger charge is 2.09. The van der Waals surface area contributed by atoms with E-state index in [9.17, 15) is 4.39 Å². The molecule has 2 nitrogen and oxygen atoms in total. The third kappa shape index (κ3) is 2.62. The van der Waals surface area contributed by atoms with Crippen molar-refractivity contribution in [2.24, 2.45) is 0 Å². The van der Waals surface area contributed by atoms with Gasteiger partial charge in [0.1, 0.15) is 0 Å². The van der Waals surface area contributed by atoms with Crippen LogP contribution in [0.5, 0.6) is 17.2 Å². The lowest BCUT2D eigenvalue weighted by Gasteiger charge is -2.11. The number of rotatable bonds is 4. The summed E-state index contributed by atoms with van der Waals surface area (Å²) in [7, 11) is 1.57. The van der Waals surface area contributed by atoms with Gasteiger partial charge in [-0.15, -0.1) is 0 Å². The van der Waals surface area contributed by atoms with Crippen LogP contribution < -0.4 is 9.47 Å². The van der Waals surface area contributed by atoms with E-state index in [-0.39, 0.29) is 11.6 Å². The van der Waals surface area contributed by atoms with Gasteiger partial charge < -0.3 is 9.47 Å². The topological polar surface area (TPSA) is 18.5 Å². The third-order valence-corrected chi connectivity index (χ3v) is 2.69. The Balaban J connectivity index is 2.32. The van der Waals surface area contributed by atoms with Crippen LogP contribution >= 0.6 is 0 Å². The van der Waals surface area contributed by atoms with Gasteiger partial charge in [0.2, 0.25) is 0 Å². The van der Waals surface area contributed by atoms with Crippen LogP contribution in [0.25, 0.3) is 0 Å². The second-order valence-corrected chi connectivity index (χ2v) is 3.87. The molecule has 0 heterocycles. The molecule has 0 saturated heterocycles. The molecule has 0 radical (unpaired) electrons. The maximum absolute atomic E-state index is 13.5. The maximum Gasteiger partial charge on any atom is 0.169 e. The molecular weight excluding hydrogens is 231 g/mol. The third-order valence-electron chi connectivity index (χ3n) is 2.69. The average Bonchev–Trinajstić information content (AvgIpc) is 2.41. The highest BCUT2D eigenvalue weighted by Crippen LogP contribution is 2.33. The van der Waals surface area contributed by atoms with Crippen molar-refractivity contribution in [1.29, 1.82) is 0 Å². The molecular formula is C15H15FO2. The van der Waals surface area contributed by atoms with Crippen molar-refractivity contribution in [2.75, 3.05) is 7.11 Å². The van der Waals surface area contributed by atoms with Gasteiger partial charge in [0.25, 0.3) is 0 Å². The lowest BCUT2D eigenvalue weighted by atomic mass is 10.1. The highest BCUT2D eigenvalue weighted by molar-refractivity contribution is 5.45. The van der Waals surface area contributed by atoms with Crippen LogP contribution in [0.15, 0.2) is 42.5 Å². The lowest BCUT2D eigenvalue weighted by Crippen LogP contribution is -1.93. The summed E-state index contributed by atoms with van der Waals surface area (Å²) in [5.74, 6) is 0.927. The van der Waals surface area contributed by atoms with Gasteiger partial charge in [-0.2, -0.15) is 0 Å². The molecule has 0 aromatic heterocycles. The predicted molar refractivity (Wildman–Crippen MR) is 68.8 cm³/mol. The number of halogens is 1. The molecule has 0 aliphatic rings. The van der Waals surface area contributed by atoms with Crippen LogP contribution in [-0.2, 0) is 6.42 Å². The van der Waals surface area contributed by atoms with Crippen molar-refractivity contribution < 1.29 is 13.9 Å². The number of hydrogen-bond acceptors (Lipinski definition) is 2. The van der Waals surface area contributed by atoms with E-state index in [2.05, 4.69) is 6.92 Å². The lowest BCUT2D eigenvalue weighted by molar-refractivity contribution is 0.370. The van der Waals surface area contributed by atoms with E-state index in [1.807, 2.05) is 12.1 Å². The summed E-state index contributed by atoms with van der Waals surface area (Å²) < 4.78 is 24.3. The van der Waals surface area contributed by atoms with Crippen LogP contribution in [0, 0.1) is 5.82 Å². The predicted octanol–water partition coefficient (Wildman–Crippen LogP) is 4.19. The second kappa shape index (κ2) is 5.54. The van der Waals surface area contributed by atoms with Gasteiger partial charge in [0, 0.05) is 0 Å². The van der Waals surface area contributed by atoms with Crippen LogP contribution in [-0.4, -0.2) is 7.11 Å². The van der Waals surface area contributed by atoms with Gasteiger partial charge in [-0.05, 0) is 36.2 Å². The van der Waals surface area contributed by atoms with Gasteiger partial charge in [0.15, 0.2) is 23.1 Å². The molecule has 3 heteroatoms. The first kappa shape index (κ1) is 12.4. The smallest absolute Gasteiger partial charge is 0.169 e. The Kier molecular flexibility index (Phi) is 3.82. The monoisotopic (exact) mass is 246 g/mol. The molecule has 0 unspecified atom stereocenters. The number of benzene rings is 2. The Bertz CT molecular complexity index is 538. The van der Waals surface area contributed by atoms with Crippen molar-refractivity contribution in [2.45, 2.75) is 13.3 Å². The van der Waals surface area contributed by atoms with Crippen molar-refractivity contribution in [1.82, 2.24) is 0 Å². The first-order valence-corrected chi connectivity index (χ1v) is 5.84. The summed E-state index contributed by atoms with van der Waals surface area (Å²) in [6.45, 7) is 2.06. The number of hydrogen-bond donors (Lipinski definition) is 0. The molecule has 2 rings (SSSR count). The highest BCUT2D eigenvalue weighted by atomic mass is 19.1. The summed E-state index contributed by atoms with van der Waals surface area (Å²) in [4.78, 5) is 0. The van der Waals surface area contributed by atoms with Crippen LogP contribution in [0.4, 0.5) is 4.39 Å². The fraction of sp³-hybridized carbons (Fsp3) is 0.200. The van der Waals surface area contributed by atoms with Gasteiger partial charge in [0.05, 0.1) is 7.11 Å². The van der Waals surface area contributed by atoms with Crippen LogP contribution in [0.3, 0.4) is 0 Å². The second-order valence-electron chi connectivity index (χ2n) is 3.87. The Hall–Kier alpha value is -2.03. The molecule has 0 aliphatic heterocycles. The molecule has 0 saturated carbocycles. The summed E-state index contributed by atoms with van der Waals surface area (Å²) >= 11 is 0. The van der Waals surface area contributed by atoms with E-state index in [1.54, 1.807) is 31.4 Å². The number of ether oxygens (including phenoxy) is 2. The van der Waals surface area contributed by atoms with Crippen molar-refractivity contribution in [3.8, 4) is 17.2 Å². The van der Waals surface area contributed by atoms with E-state index in [1.165, 1.54) is 6.07 Å². The zero-order valence-electron chi connectivity index (χ0n) is 10.4. The van der Waals surface area contributed by atoms with Gasteiger partial charge >= 0.3 is 0 Å². The van der Waals surface area contributed by atoms with E-state index in [0.29, 0.717) is 11.5 Å². The molecule has 0 aliphatic carbocycles. The molecule has 18 heavy (non-hydrogen) atoms. The first-order chi connectivity index (χ1) is 8.74. The molecule has 0 fully saturated rings. The SMILES string of the molecule is CCc1ccc(Oc2ccccc2F)c(OC)c1. The summed E-state index contributed by atoms with van der Waals surface area (Å²) in [5.41, 5.74) is 1.15. The first-order valence-electron chi connectivity index (χ1n) is 5.84. The largest absolute Gasteiger partial charge is 0.493 e. The molecule has 0 bridgehead atoms. The zero-order valence-corrected chi connectivity index (χ0v) is 10.4. The molecule has 0 N–H and O–H groups in total. The fourth-order valence-electron chi connectivity index (χ4n) is 1.66. The molecule has 0 spiro atoms. The minimum atomic E-state index is -0.390. The van der Waals surface area contributed by atoms with Crippen LogP contribution in [0.2, 0.25) is 0 Å². The zero-order chi connectivity index (χ0) is 13.0. The Morgan fingerprint density at radius 3 is 2.44 bits per heavy atom. The van der Waals surface area contributed by atoms with Crippen LogP contribution in [0.1, 0.15) is 12.5 Å².